The molecule has 0 unspecified atom stereocenters. The number of carbonyl (C=O) groups excluding carboxylic acids is 2. The van der Waals surface area contributed by atoms with Gasteiger partial charge < -0.3 is 0 Å². The van der Waals surface area contributed by atoms with Crippen LogP contribution >= 0.6 is 11.3 Å². The lowest BCUT2D eigenvalue weighted by Gasteiger charge is -2.04. The molecule has 0 N–H and O–H groups in total. The van der Waals surface area contributed by atoms with Gasteiger partial charge in [-0.15, -0.1) is 0 Å². The number of aromatic nitrogens is 1. The predicted octanol–water partition coefficient (Wildman–Crippen LogP) is 3.54. The van der Waals surface area contributed by atoms with Crippen molar-refractivity contribution in [3.05, 3.63) is 69.3 Å². The zero-order valence-electron chi connectivity index (χ0n) is 12.6. The number of benzene rings is 2. The molecule has 0 saturated carbocycles. The van der Waals surface area contributed by atoms with E-state index in [9.17, 15) is 14.4 Å². The highest BCUT2D eigenvalue weighted by Gasteiger charge is 2.16. The number of nitrogens with zero attached hydrogens (tertiary/aromatic N) is 1. The third-order valence-electron chi connectivity index (χ3n) is 3.67. The van der Waals surface area contributed by atoms with E-state index in [-0.39, 0.29) is 23.0 Å². The van der Waals surface area contributed by atoms with E-state index in [1.807, 2.05) is 30.3 Å². The summed E-state index contributed by atoms with van der Waals surface area (Å²) < 4.78 is 1.86. The van der Waals surface area contributed by atoms with Crippen LogP contribution in [0.5, 0.6) is 0 Å². The standard InChI is InChI=1S/C18H15NO3S/c1-2-15(20)13-8-9-14-16(11-13)23-18(22)19(14)17(21)10-12-6-4-3-5-7-12/h3-9,11H,2,10H2,1H3. The van der Waals surface area contributed by atoms with Gasteiger partial charge in [-0.2, -0.15) is 0 Å². The third-order valence-corrected chi connectivity index (χ3v) is 4.58. The number of thiazole rings is 1. The van der Waals surface area contributed by atoms with Gasteiger partial charge in [0.15, 0.2) is 5.78 Å². The molecule has 1 heterocycles. The highest BCUT2D eigenvalue weighted by Crippen LogP contribution is 2.20. The predicted molar refractivity (Wildman–Crippen MR) is 91.5 cm³/mol. The lowest BCUT2D eigenvalue weighted by Crippen LogP contribution is -2.23. The van der Waals surface area contributed by atoms with Gasteiger partial charge in [0.05, 0.1) is 16.6 Å². The summed E-state index contributed by atoms with van der Waals surface area (Å²) in [5.74, 6) is -0.239. The molecule has 2 aromatic carbocycles. The number of Topliss-reactive ketones (excluding diaryl/α,β-unsaturated/α-hetero) is 1. The van der Waals surface area contributed by atoms with Crippen LogP contribution in [0.4, 0.5) is 0 Å². The Kier molecular flexibility index (Phi) is 4.21. The van der Waals surface area contributed by atoms with Crippen LogP contribution in [0.2, 0.25) is 0 Å². The van der Waals surface area contributed by atoms with Gasteiger partial charge in [-0.25, -0.2) is 4.57 Å². The number of rotatable bonds is 4. The Morgan fingerprint density at radius 1 is 1.09 bits per heavy atom. The van der Waals surface area contributed by atoms with Gasteiger partial charge in [-0.1, -0.05) is 48.6 Å². The van der Waals surface area contributed by atoms with Crippen LogP contribution in [0.3, 0.4) is 0 Å². The zero-order chi connectivity index (χ0) is 16.4. The first-order chi connectivity index (χ1) is 11.1. The minimum atomic E-state index is -0.318. The van der Waals surface area contributed by atoms with Crippen molar-refractivity contribution in [1.82, 2.24) is 4.57 Å². The summed E-state index contributed by atoms with van der Waals surface area (Å²) in [6.45, 7) is 1.80. The average Bonchev–Trinajstić information content (AvgIpc) is 2.89. The van der Waals surface area contributed by atoms with Crippen LogP contribution in [0, 0.1) is 0 Å². The Labute approximate surface area is 137 Å². The van der Waals surface area contributed by atoms with Crippen LogP contribution in [0.25, 0.3) is 10.2 Å². The quantitative estimate of drug-likeness (QED) is 0.689. The average molecular weight is 325 g/mol. The summed E-state index contributed by atoms with van der Waals surface area (Å²) in [6.07, 6.45) is 0.580. The largest absolute Gasteiger partial charge is 0.314 e. The van der Waals surface area contributed by atoms with Gasteiger partial charge in [0.1, 0.15) is 0 Å². The molecule has 3 aromatic rings. The highest BCUT2D eigenvalue weighted by atomic mass is 32.1. The lowest BCUT2D eigenvalue weighted by molar-refractivity contribution is 0.0916. The second-order valence-electron chi connectivity index (χ2n) is 5.22. The molecular weight excluding hydrogens is 310 g/mol. The molecule has 1 aromatic heterocycles. The first-order valence-electron chi connectivity index (χ1n) is 7.36. The van der Waals surface area contributed by atoms with Gasteiger partial charge in [-0.05, 0) is 23.8 Å². The molecule has 116 valence electrons. The van der Waals surface area contributed by atoms with Crippen LogP contribution < -0.4 is 4.87 Å². The van der Waals surface area contributed by atoms with Crippen LogP contribution in [0.1, 0.15) is 34.1 Å². The number of ketones is 1. The van der Waals surface area contributed by atoms with E-state index in [1.54, 1.807) is 25.1 Å². The van der Waals surface area contributed by atoms with Crippen LogP contribution in [-0.2, 0) is 6.42 Å². The van der Waals surface area contributed by atoms with E-state index in [4.69, 9.17) is 0 Å². The molecule has 0 aliphatic heterocycles. The second kappa shape index (κ2) is 6.30. The maximum atomic E-state index is 12.5. The van der Waals surface area contributed by atoms with Gasteiger partial charge in [-0.3, -0.25) is 14.4 Å². The summed E-state index contributed by atoms with van der Waals surface area (Å²) in [5, 5.41) is 0. The van der Waals surface area contributed by atoms with Gasteiger partial charge in [0, 0.05) is 12.0 Å². The molecule has 0 bridgehead atoms. The molecule has 0 radical (unpaired) electrons. The summed E-state index contributed by atoms with van der Waals surface area (Å²) in [5.41, 5.74) is 2.00. The molecular formula is C18H15NO3S. The number of fused-ring (bicyclic) bond motifs is 1. The Morgan fingerprint density at radius 2 is 1.83 bits per heavy atom. The van der Waals surface area contributed by atoms with Crippen molar-refractivity contribution in [1.29, 1.82) is 0 Å². The topological polar surface area (TPSA) is 56.1 Å². The molecule has 0 amide bonds. The van der Waals surface area contributed by atoms with Crippen molar-refractivity contribution in [2.45, 2.75) is 19.8 Å². The van der Waals surface area contributed by atoms with E-state index in [2.05, 4.69) is 0 Å². The Bertz CT molecular complexity index is 938. The second-order valence-corrected chi connectivity index (χ2v) is 6.21. The summed E-state index contributed by atoms with van der Waals surface area (Å²) >= 11 is 0.994. The smallest absolute Gasteiger partial charge is 0.294 e. The summed E-state index contributed by atoms with van der Waals surface area (Å²) in [6, 6.07) is 14.4. The van der Waals surface area contributed by atoms with E-state index in [0.717, 1.165) is 16.9 Å². The minimum Gasteiger partial charge on any atom is -0.294 e. The Balaban J connectivity index is 2.01. The van der Waals surface area contributed by atoms with E-state index in [0.29, 0.717) is 22.2 Å². The van der Waals surface area contributed by atoms with Gasteiger partial charge in [0.2, 0.25) is 5.91 Å². The van der Waals surface area contributed by atoms with Gasteiger partial charge >= 0.3 is 4.87 Å². The lowest BCUT2D eigenvalue weighted by atomic mass is 10.1. The van der Waals surface area contributed by atoms with E-state index < -0.39 is 0 Å². The molecule has 0 saturated heterocycles. The number of hydrogen-bond donors (Lipinski definition) is 0. The molecule has 0 fully saturated rings. The van der Waals surface area contributed by atoms with Crippen molar-refractivity contribution in [3.63, 3.8) is 0 Å². The molecule has 4 nitrogen and oxygen atoms in total. The third kappa shape index (κ3) is 3.00. The normalized spacial score (nSPS) is 10.8. The number of hydrogen-bond acceptors (Lipinski definition) is 4. The summed E-state index contributed by atoms with van der Waals surface area (Å²) in [7, 11) is 0. The van der Waals surface area contributed by atoms with Crippen molar-refractivity contribution in [3.8, 4) is 0 Å². The molecule has 0 aliphatic carbocycles. The van der Waals surface area contributed by atoms with Crippen molar-refractivity contribution in [2.75, 3.05) is 0 Å². The van der Waals surface area contributed by atoms with Crippen molar-refractivity contribution >= 4 is 33.2 Å². The SMILES string of the molecule is CCC(=O)c1ccc2c(c1)sc(=O)n2C(=O)Cc1ccccc1. The minimum absolute atomic E-state index is 0.0231. The molecule has 23 heavy (non-hydrogen) atoms. The monoisotopic (exact) mass is 325 g/mol. The maximum absolute atomic E-state index is 12.5. The first kappa shape index (κ1) is 15.4. The molecule has 0 spiro atoms. The van der Waals surface area contributed by atoms with Crippen LogP contribution in [0.15, 0.2) is 53.3 Å². The van der Waals surface area contributed by atoms with E-state index >= 15 is 0 Å². The fraction of sp³-hybridized carbons (Fsp3) is 0.167. The van der Waals surface area contributed by atoms with Crippen molar-refractivity contribution in [2.24, 2.45) is 0 Å². The van der Waals surface area contributed by atoms with Crippen LogP contribution in [-0.4, -0.2) is 16.3 Å². The fourth-order valence-corrected chi connectivity index (χ4v) is 3.41. The Hall–Kier alpha value is -2.53. The zero-order valence-corrected chi connectivity index (χ0v) is 13.4. The summed E-state index contributed by atoms with van der Waals surface area (Å²) in [4.78, 5) is 36.1. The van der Waals surface area contributed by atoms with Gasteiger partial charge in [0.25, 0.3) is 0 Å². The first-order valence-corrected chi connectivity index (χ1v) is 8.17. The van der Waals surface area contributed by atoms with Crippen molar-refractivity contribution < 1.29 is 9.59 Å². The molecule has 3 rings (SSSR count). The maximum Gasteiger partial charge on any atom is 0.314 e. The molecule has 5 heteroatoms. The molecule has 0 aliphatic rings. The molecule has 0 atom stereocenters. The highest BCUT2D eigenvalue weighted by molar-refractivity contribution is 7.16. The van der Waals surface area contributed by atoms with E-state index in [1.165, 1.54) is 4.57 Å². The fourth-order valence-electron chi connectivity index (χ4n) is 2.48. The Morgan fingerprint density at radius 3 is 2.52 bits per heavy atom. The number of carbonyl (C=O) groups is 2.